The number of benzene rings is 1. The number of alkyl halides is 3. The third-order valence-corrected chi connectivity index (χ3v) is 4.86. The van der Waals surface area contributed by atoms with Crippen molar-refractivity contribution in [3.05, 3.63) is 35.3 Å². The van der Waals surface area contributed by atoms with Gasteiger partial charge in [-0.3, -0.25) is 4.79 Å². The van der Waals surface area contributed by atoms with Gasteiger partial charge >= 0.3 is 6.18 Å². The predicted molar refractivity (Wildman–Crippen MR) is 104 cm³/mol. The lowest BCUT2D eigenvalue weighted by Gasteiger charge is -2.18. The fourth-order valence-corrected chi connectivity index (χ4v) is 3.22. The number of nitrogens with zero attached hydrogens (tertiary/aromatic N) is 3. The van der Waals surface area contributed by atoms with Crippen LogP contribution in [0.5, 0.6) is 5.75 Å². The largest absolute Gasteiger partial charge is 0.495 e. The molecule has 12 heteroatoms. The highest BCUT2D eigenvalue weighted by Crippen LogP contribution is 2.35. The second kappa shape index (κ2) is 8.92. The number of carbonyl (C=O) groups excluding carboxylic acids is 1. The number of likely N-dealkylation sites (tertiary alicyclic amines) is 1. The van der Waals surface area contributed by atoms with Crippen molar-refractivity contribution in [1.82, 2.24) is 14.9 Å². The normalized spacial score (nSPS) is 16.4. The summed E-state index contributed by atoms with van der Waals surface area (Å²) in [6.45, 7) is 0.786. The summed E-state index contributed by atoms with van der Waals surface area (Å²) < 4.78 is 64.2. The summed E-state index contributed by atoms with van der Waals surface area (Å²) in [7, 11) is 4.15. The molecule has 1 fully saturated rings. The molecule has 0 radical (unpaired) electrons. The Hall–Kier alpha value is -3.15. The van der Waals surface area contributed by atoms with E-state index in [4.69, 9.17) is 9.47 Å². The number of nitrogens with one attached hydrogen (secondary N) is 2. The molecule has 2 heterocycles. The summed E-state index contributed by atoms with van der Waals surface area (Å²) in [6, 6.07) is 2.24. The Bertz CT molecular complexity index is 970. The minimum Gasteiger partial charge on any atom is -0.495 e. The average Bonchev–Trinajstić information content (AvgIpc) is 3.22. The second-order valence-corrected chi connectivity index (χ2v) is 6.76. The number of hydrogen-bond donors (Lipinski definition) is 2. The first-order valence-electron chi connectivity index (χ1n) is 9.26. The lowest BCUT2D eigenvalue weighted by molar-refractivity contribution is -0.137. The molecule has 31 heavy (non-hydrogen) atoms. The number of hydrogen-bond acceptors (Lipinski definition) is 7. The van der Waals surface area contributed by atoms with Crippen molar-refractivity contribution in [3.8, 4) is 5.75 Å². The highest BCUT2D eigenvalue weighted by molar-refractivity contribution is 5.96. The molecule has 1 unspecified atom stereocenters. The maximum atomic E-state index is 14.7. The second-order valence-electron chi connectivity index (χ2n) is 6.76. The Morgan fingerprint density at radius 3 is 2.61 bits per heavy atom. The Kier molecular flexibility index (Phi) is 6.48. The van der Waals surface area contributed by atoms with Crippen LogP contribution >= 0.6 is 0 Å². The zero-order chi connectivity index (χ0) is 22.8. The van der Waals surface area contributed by atoms with E-state index >= 15 is 0 Å². The van der Waals surface area contributed by atoms with Gasteiger partial charge in [-0.05, 0) is 12.5 Å². The number of carbonyl (C=O) groups is 1. The number of aromatic nitrogens is 2. The van der Waals surface area contributed by atoms with E-state index in [1.807, 2.05) is 0 Å². The van der Waals surface area contributed by atoms with E-state index in [-0.39, 0.29) is 29.1 Å². The first-order valence-corrected chi connectivity index (χ1v) is 9.26. The maximum absolute atomic E-state index is 14.7. The van der Waals surface area contributed by atoms with Crippen LogP contribution in [0.2, 0.25) is 0 Å². The topological polar surface area (TPSA) is 88.6 Å². The molecule has 0 bridgehead atoms. The number of anilines is 3. The van der Waals surface area contributed by atoms with Crippen LogP contribution in [0.25, 0.3) is 0 Å². The van der Waals surface area contributed by atoms with Crippen LogP contribution in [0.3, 0.4) is 0 Å². The van der Waals surface area contributed by atoms with Crippen molar-refractivity contribution < 1.29 is 31.8 Å². The summed E-state index contributed by atoms with van der Waals surface area (Å²) in [5, 5.41) is 4.99. The third-order valence-electron chi connectivity index (χ3n) is 4.86. The number of ether oxygens (including phenoxy) is 2. The molecule has 0 aliphatic carbocycles. The SMILES string of the molecule is CNc1nc(Nc2cc(F)c(C(=O)N3CCC(OC)C3)cc2OC)ncc1C(F)(F)F. The van der Waals surface area contributed by atoms with Gasteiger partial charge in [0.05, 0.1) is 24.5 Å². The Morgan fingerprint density at radius 2 is 2.03 bits per heavy atom. The maximum Gasteiger partial charge on any atom is 0.421 e. The Balaban J connectivity index is 1.88. The zero-order valence-corrected chi connectivity index (χ0v) is 17.0. The van der Waals surface area contributed by atoms with Gasteiger partial charge in [-0.1, -0.05) is 0 Å². The van der Waals surface area contributed by atoms with Crippen LogP contribution in [0.1, 0.15) is 22.3 Å². The molecule has 1 aromatic carbocycles. The first-order chi connectivity index (χ1) is 14.7. The molecule has 1 aliphatic rings. The molecular formula is C19H21F4N5O3. The number of rotatable bonds is 6. The van der Waals surface area contributed by atoms with Gasteiger partial charge in [0.25, 0.3) is 5.91 Å². The molecule has 2 N–H and O–H groups in total. The summed E-state index contributed by atoms with van der Waals surface area (Å²) >= 11 is 0. The predicted octanol–water partition coefficient (Wildman–Crippen LogP) is 3.29. The van der Waals surface area contributed by atoms with E-state index in [1.165, 1.54) is 25.1 Å². The Labute approximate surface area is 175 Å². The average molecular weight is 443 g/mol. The van der Waals surface area contributed by atoms with Gasteiger partial charge in [0.2, 0.25) is 5.95 Å². The standard InChI is InChI=1S/C19H21F4N5O3/c1-24-16-12(19(21,22)23)8-25-18(27-16)26-14-7-13(20)11(6-15(14)31-3)17(29)28-5-4-10(9-28)30-2/h6-8,10H,4-5,9H2,1-3H3,(H2,24,25,26,27). The summed E-state index contributed by atoms with van der Waals surface area (Å²) in [5.41, 5.74) is -1.18. The van der Waals surface area contributed by atoms with Crippen molar-refractivity contribution in [2.45, 2.75) is 18.7 Å². The van der Waals surface area contributed by atoms with E-state index < -0.39 is 29.3 Å². The first kappa shape index (κ1) is 22.5. The number of amides is 1. The minimum absolute atomic E-state index is 0.0505. The van der Waals surface area contributed by atoms with Gasteiger partial charge in [-0.25, -0.2) is 9.37 Å². The van der Waals surface area contributed by atoms with Crippen molar-refractivity contribution in [2.24, 2.45) is 0 Å². The molecular weight excluding hydrogens is 422 g/mol. The van der Waals surface area contributed by atoms with Gasteiger partial charge in [0.1, 0.15) is 22.9 Å². The fraction of sp³-hybridized carbons (Fsp3) is 0.421. The minimum atomic E-state index is -4.64. The molecule has 2 aromatic rings. The van der Waals surface area contributed by atoms with Gasteiger partial charge in [-0.15, -0.1) is 0 Å². The molecule has 168 valence electrons. The molecule has 1 atom stereocenters. The highest BCUT2D eigenvalue weighted by Gasteiger charge is 2.35. The quantitative estimate of drug-likeness (QED) is 0.663. The van der Waals surface area contributed by atoms with Crippen molar-refractivity contribution >= 4 is 23.4 Å². The van der Waals surface area contributed by atoms with Crippen molar-refractivity contribution in [3.63, 3.8) is 0 Å². The summed E-state index contributed by atoms with van der Waals surface area (Å²) in [6.07, 6.45) is -3.48. The molecule has 1 aromatic heterocycles. The zero-order valence-electron chi connectivity index (χ0n) is 17.0. The van der Waals surface area contributed by atoms with E-state index in [0.29, 0.717) is 25.7 Å². The molecule has 0 saturated carbocycles. The van der Waals surface area contributed by atoms with Crippen LogP contribution in [-0.4, -0.2) is 61.2 Å². The van der Waals surface area contributed by atoms with Gasteiger partial charge < -0.3 is 25.0 Å². The van der Waals surface area contributed by atoms with Gasteiger partial charge in [0, 0.05) is 39.5 Å². The summed E-state index contributed by atoms with van der Waals surface area (Å²) in [4.78, 5) is 21.6. The van der Waals surface area contributed by atoms with Crippen molar-refractivity contribution in [1.29, 1.82) is 0 Å². The smallest absolute Gasteiger partial charge is 0.421 e. The Morgan fingerprint density at radius 1 is 1.29 bits per heavy atom. The lowest BCUT2D eigenvalue weighted by atomic mass is 10.1. The molecule has 1 saturated heterocycles. The molecule has 1 aliphatic heterocycles. The number of halogens is 4. The van der Waals surface area contributed by atoms with Gasteiger partial charge in [0.15, 0.2) is 0 Å². The summed E-state index contributed by atoms with van der Waals surface area (Å²) in [5.74, 6) is -1.89. The molecule has 0 spiro atoms. The number of methoxy groups -OCH3 is 2. The molecule has 8 nitrogen and oxygen atoms in total. The highest BCUT2D eigenvalue weighted by atomic mass is 19.4. The molecule has 3 rings (SSSR count). The van der Waals surface area contributed by atoms with E-state index in [1.54, 1.807) is 7.11 Å². The van der Waals surface area contributed by atoms with Crippen LogP contribution in [0, 0.1) is 5.82 Å². The van der Waals surface area contributed by atoms with Crippen LogP contribution in [0.15, 0.2) is 18.3 Å². The van der Waals surface area contributed by atoms with Crippen LogP contribution in [0.4, 0.5) is 35.0 Å². The van der Waals surface area contributed by atoms with Gasteiger partial charge in [-0.2, -0.15) is 18.2 Å². The van der Waals surface area contributed by atoms with E-state index in [2.05, 4.69) is 20.6 Å². The van der Waals surface area contributed by atoms with E-state index in [9.17, 15) is 22.4 Å². The third kappa shape index (κ3) is 4.79. The van der Waals surface area contributed by atoms with Crippen molar-refractivity contribution in [2.75, 3.05) is 45.0 Å². The van der Waals surface area contributed by atoms with E-state index in [0.717, 1.165) is 6.07 Å². The lowest BCUT2D eigenvalue weighted by Crippen LogP contribution is -2.30. The molecule has 1 amide bonds. The monoisotopic (exact) mass is 443 g/mol. The van der Waals surface area contributed by atoms with Crippen LogP contribution in [-0.2, 0) is 10.9 Å². The fourth-order valence-electron chi connectivity index (χ4n) is 3.22. The van der Waals surface area contributed by atoms with Crippen LogP contribution < -0.4 is 15.4 Å².